The third-order valence-corrected chi connectivity index (χ3v) is 1.96. The largest absolute Gasteiger partial charge is 0.204 e. The molecule has 16 heavy (non-hydrogen) atoms. The summed E-state index contributed by atoms with van der Waals surface area (Å²) < 4.78 is 35.9. The molecular weight excluding hydrogens is 233 g/mol. The molecule has 84 valence electrons. The molecule has 0 spiro atoms. The van der Waals surface area contributed by atoms with Gasteiger partial charge in [0.1, 0.15) is 0 Å². The molecule has 2 aromatic rings. The van der Waals surface area contributed by atoms with Gasteiger partial charge in [-0.2, -0.15) is 0 Å². The quantitative estimate of drug-likeness (QED) is 0.522. The minimum absolute atomic E-state index is 0.860. The van der Waals surface area contributed by atoms with E-state index in [9.17, 15) is 13.2 Å². The van der Waals surface area contributed by atoms with Crippen LogP contribution >= 0.6 is 12.6 Å². The molecule has 0 saturated carbocycles. The monoisotopic (exact) mass is 242 g/mol. The Labute approximate surface area is 97.1 Å². The standard InChI is InChI=1S/C6H3F3.C6H6S/c7-4-2-1-3-5(8)6(4)9;7-6-4-2-1-3-5-6/h1-3H;1-5,7H. The summed E-state index contributed by atoms with van der Waals surface area (Å²) in [4.78, 5) is 1.02. The molecule has 0 radical (unpaired) electrons. The first kappa shape index (κ1) is 12.6. The molecule has 0 unspecified atom stereocenters. The summed E-state index contributed by atoms with van der Waals surface area (Å²) in [6.07, 6.45) is 0. The zero-order valence-corrected chi connectivity index (χ0v) is 9.09. The summed E-state index contributed by atoms with van der Waals surface area (Å²) in [5.74, 6) is -3.73. The maximum absolute atomic E-state index is 12.0. The van der Waals surface area contributed by atoms with E-state index in [1.54, 1.807) is 0 Å². The van der Waals surface area contributed by atoms with Crippen LogP contribution in [0.3, 0.4) is 0 Å². The summed E-state index contributed by atoms with van der Waals surface area (Å²) in [7, 11) is 0. The maximum Gasteiger partial charge on any atom is 0.194 e. The molecule has 0 saturated heterocycles. The summed E-state index contributed by atoms with van der Waals surface area (Å²) in [5, 5.41) is 0. The highest BCUT2D eigenvalue weighted by Gasteiger charge is 2.04. The molecule has 0 aliphatic heterocycles. The topological polar surface area (TPSA) is 0 Å². The van der Waals surface area contributed by atoms with Crippen LogP contribution in [0.5, 0.6) is 0 Å². The van der Waals surface area contributed by atoms with Gasteiger partial charge in [-0.25, -0.2) is 13.2 Å². The molecule has 0 nitrogen and oxygen atoms in total. The van der Waals surface area contributed by atoms with Crippen molar-refractivity contribution in [2.24, 2.45) is 0 Å². The Bertz CT molecular complexity index is 423. The third-order valence-electron chi connectivity index (χ3n) is 1.66. The smallest absolute Gasteiger partial charge is 0.194 e. The van der Waals surface area contributed by atoms with Crippen LogP contribution in [0.25, 0.3) is 0 Å². The normalized spacial score (nSPS) is 9.25. The average molecular weight is 242 g/mol. The van der Waals surface area contributed by atoms with Crippen LogP contribution in [0.2, 0.25) is 0 Å². The van der Waals surface area contributed by atoms with Gasteiger partial charge in [0.25, 0.3) is 0 Å². The zero-order chi connectivity index (χ0) is 12.0. The van der Waals surface area contributed by atoms with E-state index < -0.39 is 17.5 Å². The fourth-order valence-corrected chi connectivity index (χ4v) is 1.08. The molecule has 0 amide bonds. The van der Waals surface area contributed by atoms with E-state index in [0.29, 0.717) is 0 Å². The fraction of sp³-hybridized carbons (Fsp3) is 0. The SMILES string of the molecule is Fc1cccc(F)c1F.Sc1ccccc1. The van der Waals surface area contributed by atoms with Crippen molar-refractivity contribution in [1.82, 2.24) is 0 Å². The molecule has 0 fully saturated rings. The molecule has 0 N–H and O–H groups in total. The second-order valence-electron chi connectivity index (χ2n) is 2.87. The molecule has 0 aliphatic carbocycles. The second-order valence-corrected chi connectivity index (χ2v) is 3.39. The van der Waals surface area contributed by atoms with Crippen LogP contribution in [0.1, 0.15) is 0 Å². The average Bonchev–Trinajstić information content (AvgIpc) is 2.28. The number of hydrogen-bond donors (Lipinski definition) is 1. The van der Waals surface area contributed by atoms with E-state index >= 15 is 0 Å². The van der Waals surface area contributed by atoms with E-state index in [4.69, 9.17) is 0 Å². The van der Waals surface area contributed by atoms with Gasteiger partial charge in [0.05, 0.1) is 0 Å². The van der Waals surface area contributed by atoms with Gasteiger partial charge in [-0.15, -0.1) is 12.6 Å². The molecule has 4 heteroatoms. The Morgan fingerprint density at radius 1 is 0.688 bits per heavy atom. The van der Waals surface area contributed by atoms with Gasteiger partial charge in [0.2, 0.25) is 0 Å². The first-order valence-electron chi connectivity index (χ1n) is 4.45. The Hall–Kier alpha value is -1.42. The highest BCUT2D eigenvalue weighted by atomic mass is 32.1. The Kier molecular flexibility index (Phi) is 4.92. The van der Waals surface area contributed by atoms with Gasteiger partial charge >= 0.3 is 0 Å². The minimum atomic E-state index is -1.42. The highest BCUT2D eigenvalue weighted by Crippen LogP contribution is 2.07. The van der Waals surface area contributed by atoms with Crippen molar-refractivity contribution < 1.29 is 13.2 Å². The summed E-state index contributed by atoms with van der Waals surface area (Å²) in [6.45, 7) is 0. The summed E-state index contributed by atoms with van der Waals surface area (Å²) in [6, 6.07) is 12.6. The number of hydrogen-bond acceptors (Lipinski definition) is 1. The van der Waals surface area contributed by atoms with Crippen molar-refractivity contribution in [3.63, 3.8) is 0 Å². The van der Waals surface area contributed by atoms with Gasteiger partial charge in [-0.05, 0) is 24.3 Å². The number of halogens is 3. The molecule has 2 aromatic carbocycles. The van der Waals surface area contributed by atoms with Crippen molar-refractivity contribution in [3.8, 4) is 0 Å². The van der Waals surface area contributed by atoms with Crippen molar-refractivity contribution >= 4 is 12.6 Å². The van der Waals surface area contributed by atoms with E-state index in [2.05, 4.69) is 12.6 Å². The van der Waals surface area contributed by atoms with Crippen LogP contribution in [0.15, 0.2) is 53.4 Å². The zero-order valence-electron chi connectivity index (χ0n) is 8.20. The van der Waals surface area contributed by atoms with Gasteiger partial charge in [0, 0.05) is 4.90 Å². The predicted octanol–water partition coefficient (Wildman–Crippen LogP) is 4.08. The van der Waals surface area contributed by atoms with Gasteiger partial charge in [-0.3, -0.25) is 0 Å². The lowest BCUT2D eigenvalue weighted by Crippen LogP contribution is -1.86. The fourth-order valence-electron chi connectivity index (χ4n) is 0.905. The predicted molar refractivity (Wildman–Crippen MR) is 60.0 cm³/mol. The molecule has 0 atom stereocenters. The van der Waals surface area contributed by atoms with Crippen LogP contribution in [-0.2, 0) is 0 Å². The first-order chi connectivity index (χ1) is 7.61. The minimum Gasteiger partial charge on any atom is -0.204 e. The van der Waals surface area contributed by atoms with Crippen molar-refractivity contribution in [1.29, 1.82) is 0 Å². The van der Waals surface area contributed by atoms with E-state index in [-0.39, 0.29) is 0 Å². The molecule has 2 rings (SSSR count). The number of benzene rings is 2. The van der Waals surface area contributed by atoms with Gasteiger partial charge in [0.15, 0.2) is 17.5 Å². The van der Waals surface area contributed by atoms with Gasteiger partial charge < -0.3 is 0 Å². The Morgan fingerprint density at radius 3 is 1.50 bits per heavy atom. The second kappa shape index (κ2) is 6.23. The van der Waals surface area contributed by atoms with Crippen molar-refractivity contribution in [3.05, 3.63) is 66.0 Å². The molecule has 0 aliphatic rings. The highest BCUT2D eigenvalue weighted by molar-refractivity contribution is 7.80. The summed E-state index contributed by atoms with van der Waals surface area (Å²) in [5.41, 5.74) is 0. The van der Waals surface area contributed by atoms with Crippen LogP contribution in [0.4, 0.5) is 13.2 Å². The van der Waals surface area contributed by atoms with Crippen LogP contribution < -0.4 is 0 Å². The van der Waals surface area contributed by atoms with E-state index in [1.807, 2.05) is 30.3 Å². The molecule has 0 aromatic heterocycles. The third kappa shape index (κ3) is 3.98. The Morgan fingerprint density at radius 2 is 1.19 bits per heavy atom. The summed E-state index contributed by atoms with van der Waals surface area (Å²) >= 11 is 4.08. The van der Waals surface area contributed by atoms with Crippen molar-refractivity contribution in [2.75, 3.05) is 0 Å². The van der Waals surface area contributed by atoms with Crippen LogP contribution in [-0.4, -0.2) is 0 Å². The molecular formula is C12H9F3S. The van der Waals surface area contributed by atoms with Crippen molar-refractivity contribution in [2.45, 2.75) is 4.90 Å². The maximum atomic E-state index is 12.0. The number of rotatable bonds is 0. The lowest BCUT2D eigenvalue weighted by atomic mass is 10.3. The van der Waals surface area contributed by atoms with Crippen LogP contribution in [0, 0.1) is 17.5 Å². The lowest BCUT2D eigenvalue weighted by Gasteiger charge is -1.90. The van der Waals surface area contributed by atoms with E-state index in [1.165, 1.54) is 0 Å². The number of thiol groups is 1. The Balaban J connectivity index is 0.000000165. The molecule has 0 heterocycles. The lowest BCUT2D eigenvalue weighted by molar-refractivity contribution is 0.447. The first-order valence-corrected chi connectivity index (χ1v) is 4.89. The van der Waals surface area contributed by atoms with Gasteiger partial charge in [-0.1, -0.05) is 24.3 Å². The van der Waals surface area contributed by atoms with E-state index in [0.717, 1.165) is 23.1 Å². The molecule has 0 bridgehead atoms.